The molecule has 0 aliphatic carbocycles. The SMILES string of the molecule is Cl.Cn1cc(C(=O)CCc2ccccc2C(=N)N)c2ccc(N(CC(=O)O)C(=O)c3cccc4cccnc34)cc21. The summed E-state index contributed by atoms with van der Waals surface area (Å²) < 4.78 is 1.79. The van der Waals surface area contributed by atoms with Crippen LogP contribution in [0.5, 0.6) is 0 Å². The van der Waals surface area contributed by atoms with Crippen LogP contribution in [0.2, 0.25) is 0 Å². The zero-order chi connectivity index (χ0) is 28.4. The van der Waals surface area contributed by atoms with Crippen LogP contribution < -0.4 is 10.6 Å². The number of anilines is 1. The first-order chi connectivity index (χ1) is 19.2. The van der Waals surface area contributed by atoms with Crippen molar-refractivity contribution in [3.05, 3.63) is 107 Å². The molecule has 5 aromatic rings. The lowest BCUT2D eigenvalue weighted by molar-refractivity contribution is -0.135. The second kappa shape index (κ2) is 12.0. The lowest BCUT2D eigenvalue weighted by Gasteiger charge is -2.22. The maximum absolute atomic E-state index is 13.7. The molecular formula is C31H28ClN5O4. The highest BCUT2D eigenvalue weighted by Crippen LogP contribution is 2.29. The number of pyridine rings is 1. The summed E-state index contributed by atoms with van der Waals surface area (Å²) in [7, 11) is 1.80. The second-order valence-corrected chi connectivity index (χ2v) is 9.51. The Morgan fingerprint density at radius 2 is 1.71 bits per heavy atom. The van der Waals surface area contributed by atoms with Gasteiger partial charge >= 0.3 is 5.97 Å². The number of para-hydroxylation sites is 1. The number of amides is 1. The molecule has 10 heteroatoms. The number of hydrogen-bond donors (Lipinski definition) is 3. The number of nitrogens with two attached hydrogens (primary N) is 1. The zero-order valence-electron chi connectivity index (χ0n) is 22.2. The molecule has 41 heavy (non-hydrogen) atoms. The van der Waals surface area contributed by atoms with Crippen molar-refractivity contribution in [2.75, 3.05) is 11.4 Å². The van der Waals surface area contributed by atoms with Gasteiger partial charge in [0.1, 0.15) is 12.4 Å². The van der Waals surface area contributed by atoms with Crippen LogP contribution in [-0.4, -0.2) is 44.7 Å². The van der Waals surface area contributed by atoms with E-state index >= 15 is 0 Å². The predicted octanol–water partition coefficient (Wildman–Crippen LogP) is 4.98. The van der Waals surface area contributed by atoms with E-state index in [1.807, 2.05) is 24.3 Å². The molecule has 0 bridgehead atoms. The number of nitrogen functional groups attached to an aromatic ring is 1. The molecule has 0 aliphatic heterocycles. The molecule has 0 saturated heterocycles. The molecule has 0 aliphatic rings. The van der Waals surface area contributed by atoms with E-state index in [0.29, 0.717) is 45.2 Å². The molecule has 2 heterocycles. The van der Waals surface area contributed by atoms with E-state index in [1.54, 1.807) is 72.5 Å². The largest absolute Gasteiger partial charge is 0.480 e. The predicted molar refractivity (Wildman–Crippen MR) is 161 cm³/mol. The van der Waals surface area contributed by atoms with Gasteiger partial charge in [0, 0.05) is 53.4 Å². The lowest BCUT2D eigenvalue weighted by Crippen LogP contribution is -2.36. The summed E-state index contributed by atoms with van der Waals surface area (Å²) >= 11 is 0. The summed E-state index contributed by atoms with van der Waals surface area (Å²) in [5.41, 5.74) is 9.53. The van der Waals surface area contributed by atoms with E-state index in [-0.39, 0.29) is 30.4 Å². The minimum atomic E-state index is -1.16. The van der Waals surface area contributed by atoms with Gasteiger partial charge in [0.25, 0.3) is 5.91 Å². The molecule has 3 aromatic carbocycles. The van der Waals surface area contributed by atoms with Crippen molar-refractivity contribution in [2.45, 2.75) is 12.8 Å². The Kier molecular flexibility index (Phi) is 8.49. The quantitative estimate of drug-likeness (QED) is 0.130. The van der Waals surface area contributed by atoms with Crippen LogP contribution in [0.4, 0.5) is 5.69 Å². The monoisotopic (exact) mass is 569 g/mol. The van der Waals surface area contributed by atoms with Crippen LogP contribution in [0.3, 0.4) is 0 Å². The summed E-state index contributed by atoms with van der Waals surface area (Å²) in [6, 6.07) is 21.2. The normalized spacial score (nSPS) is 10.8. The molecule has 0 fully saturated rings. The van der Waals surface area contributed by atoms with Crippen molar-refractivity contribution in [1.29, 1.82) is 5.41 Å². The third-order valence-electron chi connectivity index (χ3n) is 6.92. The van der Waals surface area contributed by atoms with Crippen molar-refractivity contribution < 1.29 is 19.5 Å². The van der Waals surface area contributed by atoms with E-state index in [1.165, 1.54) is 4.90 Å². The van der Waals surface area contributed by atoms with Gasteiger partial charge in [-0.25, -0.2) is 0 Å². The number of ketones is 1. The Balaban J connectivity index is 0.00000387. The molecule has 208 valence electrons. The summed E-state index contributed by atoms with van der Waals surface area (Å²) in [6.07, 6.45) is 3.99. The van der Waals surface area contributed by atoms with Crippen LogP contribution in [0, 0.1) is 5.41 Å². The second-order valence-electron chi connectivity index (χ2n) is 9.51. The summed E-state index contributed by atoms with van der Waals surface area (Å²) in [5, 5.41) is 18.9. The van der Waals surface area contributed by atoms with Gasteiger partial charge in [-0.2, -0.15) is 0 Å². The number of fused-ring (bicyclic) bond motifs is 2. The third-order valence-corrected chi connectivity index (χ3v) is 6.92. The number of aromatic nitrogens is 2. The van der Waals surface area contributed by atoms with Crippen LogP contribution in [0.15, 0.2) is 85.2 Å². The van der Waals surface area contributed by atoms with Gasteiger partial charge in [-0.05, 0) is 36.2 Å². The number of nitrogens with one attached hydrogen (secondary N) is 1. The highest BCUT2D eigenvalue weighted by atomic mass is 35.5. The number of rotatable bonds is 9. The topological polar surface area (TPSA) is 142 Å². The fourth-order valence-electron chi connectivity index (χ4n) is 4.98. The number of aryl methyl sites for hydroxylation is 2. The molecule has 0 radical (unpaired) electrons. The van der Waals surface area contributed by atoms with E-state index < -0.39 is 18.4 Å². The molecule has 9 nitrogen and oxygen atoms in total. The zero-order valence-corrected chi connectivity index (χ0v) is 23.0. The number of hydrogen-bond acceptors (Lipinski definition) is 5. The van der Waals surface area contributed by atoms with Gasteiger partial charge in [0.2, 0.25) is 0 Å². The molecule has 0 unspecified atom stereocenters. The summed E-state index contributed by atoms with van der Waals surface area (Å²) in [6.45, 7) is -0.542. The molecule has 0 atom stereocenters. The number of carboxylic acid groups (broad SMARTS) is 1. The summed E-state index contributed by atoms with van der Waals surface area (Å²) in [5.74, 6) is -1.76. The van der Waals surface area contributed by atoms with E-state index in [4.69, 9.17) is 11.1 Å². The highest BCUT2D eigenvalue weighted by molar-refractivity contribution is 6.15. The van der Waals surface area contributed by atoms with Crippen LogP contribution >= 0.6 is 12.4 Å². The molecular weight excluding hydrogens is 542 g/mol. The van der Waals surface area contributed by atoms with Crippen LogP contribution in [-0.2, 0) is 18.3 Å². The number of benzene rings is 3. The number of Topliss-reactive ketones (excluding diaryl/α,β-unsaturated/α-hetero) is 1. The first kappa shape index (κ1) is 29.0. The minimum Gasteiger partial charge on any atom is -0.480 e. The third kappa shape index (κ3) is 5.80. The van der Waals surface area contributed by atoms with Crippen LogP contribution in [0.25, 0.3) is 21.8 Å². The first-order valence-corrected chi connectivity index (χ1v) is 12.7. The number of carbonyl (C=O) groups excluding carboxylic acids is 2. The molecule has 0 spiro atoms. The van der Waals surface area contributed by atoms with E-state index in [2.05, 4.69) is 4.98 Å². The van der Waals surface area contributed by atoms with Crippen molar-refractivity contribution in [1.82, 2.24) is 9.55 Å². The summed E-state index contributed by atoms with van der Waals surface area (Å²) in [4.78, 5) is 44.3. The van der Waals surface area contributed by atoms with Gasteiger partial charge in [0.15, 0.2) is 5.78 Å². The number of carboxylic acids is 1. The fraction of sp³-hybridized carbons (Fsp3) is 0.129. The van der Waals surface area contributed by atoms with Gasteiger partial charge in [0.05, 0.1) is 16.6 Å². The van der Waals surface area contributed by atoms with Gasteiger partial charge in [-0.15, -0.1) is 12.4 Å². The fourth-order valence-corrected chi connectivity index (χ4v) is 4.98. The Bertz CT molecular complexity index is 1810. The van der Waals surface area contributed by atoms with Gasteiger partial charge in [-0.3, -0.25) is 29.7 Å². The van der Waals surface area contributed by atoms with Crippen LogP contribution in [0.1, 0.15) is 38.3 Å². The van der Waals surface area contributed by atoms with Crippen molar-refractivity contribution in [3.63, 3.8) is 0 Å². The minimum absolute atomic E-state index is 0. The lowest BCUT2D eigenvalue weighted by atomic mass is 9.98. The van der Waals surface area contributed by atoms with E-state index in [0.717, 1.165) is 10.9 Å². The maximum atomic E-state index is 13.7. The maximum Gasteiger partial charge on any atom is 0.323 e. The van der Waals surface area contributed by atoms with Crippen molar-refractivity contribution in [3.8, 4) is 0 Å². The van der Waals surface area contributed by atoms with Gasteiger partial charge < -0.3 is 15.4 Å². The average Bonchev–Trinajstić information content (AvgIpc) is 3.29. The first-order valence-electron chi connectivity index (χ1n) is 12.7. The van der Waals surface area contributed by atoms with Crippen molar-refractivity contribution >= 4 is 63.4 Å². The smallest absolute Gasteiger partial charge is 0.323 e. The number of halogens is 1. The molecule has 1 amide bonds. The Morgan fingerprint density at radius 3 is 2.46 bits per heavy atom. The Hall–Kier alpha value is -5.02. The van der Waals surface area contributed by atoms with E-state index in [9.17, 15) is 19.5 Å². The molecule has 0 saturated carbocycles. The Labute approximate surface area is 242 Å². The molecule has 4 N–H and O–H groups in total. The highest BCUT2D eigenvalue weighted by Gasteiger charge is 2.24. The number of amidine groups is 1. The average molecular weight is 570 g/mol. The number of carbonyl (C=O) groups is 3. The Morgan fingerprint density at radius 1 is 0.976 bits per heavy atom. The number of aliphatic carboxylic acids is 1. The molecule has 5 rings (SSSR count). The number of nitrogens with zero attached hydrogens (tertiary/aromatic N) is 3. The molecule has 2 aromatic heterocycles. The van der Waals surface area contributed by atoms with Crippen molar-refractivity contribution in [2.24, 2.45) is 12.8 Å². The standard InChI is InChI=1S/C31H27N5O4.ClH/c1-35-17-25(27(37)14-11-19-6-2-3-9-22(19)30(32)33)23-13-12-21(16-26(23)35)36(18-28(38)39)31(40)24-10-4-7-20-8-5-15-34-29(20)24;/h2-10,12-13,15-17H,11,14,18H2,1H3,(H3,32,33)(H,38,39);1H. The van der Waals surface area contributed by atoms with Gasteiger partial charge in [-0.1, -0.05) is 48.5 Å².